The van der Waals surface area contributed by atoms with Crippen molar-refractivity contribution < 1.29 is 22.3 Å². The van der Waals surface area contributed by atoms with Crippen molar-refractivity contribution in [1.82, 2.24) is 0 Å². The van der Waals surface area contributed by atoms with Crippen LogP contribution in [0.15, 0.2) is 61.2 Å². The summed E-state index contributed by atoms with van der Waals surface area (Å²) in [5.74, 6) is -5.10. The van der Waals surface area contributed by atoms with Crippen LogP contribution in [-0.2, 0) is 6.42 Å². The molecule has 0 aromatic heterocycles. The van der Waals surface area contributed by atoms with Gasteiger partial charge in [-0.05, 0) is 48.9 Å². The van der Waals surface area contributed by atoms with E-state index in [9.17, 15) is 17.6 Å². The van der Waals surface area contributed by atoms with Crippen LogP contribution in [-0.4, -0.2) is 6.61 Å². The van der Waals surface area contributed by atoms with Crippen molar-refractivity contribution in [3.05, 3.63) is 90.0 Å². The van der Waals surface area contributed by atoms with Crippen molar-refractivity contribution >= 4 is 0 Å². The Labute approximate surface area is 192 Å². The Balaban J connectivity index is 1.84. The van der Waals surface area contributed by atoms with Gasteiger partial charge in [-0.1, -0.05) is 62.2 Å². The number of allylic oxidation sites excluding steroid dienone is 1. The van der Waals surface area contributed by atoms with Crippen LogP contribution in [0, 0.1) is 23.3 Å². The molecule has 0 fully saturated rings. The topological polar surface area (TPSA) is 9.23 Å². The largest absolute Gasteiger partial charge is 0.490 e. The van der Waals surface area contributed by atoms with Gasteiger partial charge in [0.1, 0.15) is 0 Å². The van der Waals surface area contributed by atoms with Gasteiger partial charge in [0.25, 0.3) is 0 Å². The van der Waals surface area contributed by atoms with Gasteiger partial charge in [-0.2, -0.15) is 4.39 Å². The van der Waals surface area contributed by atoms with Crippen molar-refractivity contribution in [2.45, 2.75) is 45.4 Å². The number of ether oxygens (including phenoxy) is 1. The lowest BCUT2D eigenvalue weighted by molar-refractivity contribution is 0.291. The summed E-state index contributed by atoms with van der Waals surface area (Å²) in [5, 5.41) is 0. The van der Waals surface area contributed by atoms with Gasteiger partial charge in [-0.3, -0.25) is 0 Å². The maximum atomic E-state index is 14.9. The fraction of sp³-hybridized carbons (Fsp3) is 0.286. The van der Waals surface area contributed by atoms with E-state index in [4.69, 9.17) is 4.74 Å². The summed E-state index contributed by atoms with van der Waals surface area (Å²) in [6.07, 6.45) is 7.27. The molecule has 1 nitrogen and oxygen atoms in total. The van der Waals surface area contributed by atoms with Gasteiger partial charge in [0, 0.05) is 16.7 Å². The van der Waals surface area contributed by atoms with Crippen LogP contribution >= 0.6 is 0 Å². The molecule has 0 radical (unpaired) electrons. The van der Waals surface area contributed by atoms with Crippen molar-refractivity contribution in [3.8, 4) is 28.0 Å². The fourth-order valence-electron chi connectivity index (χ4n) is 3.67. The Morgan fingerprint density at radius 2 is 1.33 bits per heavy atom. The van der Waals surface area contributed by atoms with Gasteiger partial charge in [0.2, 0.25) is 5.82 Å². The van der Waals surface area contributed by atoms with E-state index < -0.39 is 23.3 Å². The van der Waals surface area contributed by atoms with Crippen LogP contribution in [0.1, 0.15) is 44.6 Å². The first kappa shape index (κ1) is 24.6. The second kappa shape index (κ2) is 11.7. The quantitative estimate of drug-likeness (QED) is 0.159. The third kappa shape index (κ3) is 5.84. The van der Waals surface area contributed by atoms with Crippen LogP contribution in [0.25, 0.3) is 22.3 Å². The normalized spacial score (nSPS) is 10.9. The highest BCUT2D eigenvalue weighted by molar-refractivity contribution is 5.72. The first-order valence-corrected chi connectivity index (χ1v) is 11.3. The van der Waals surface area contributed by atoms with Crippen molar-refractivity contribution in [2.24, 2.45) is 0 Å². The van der Waals surface area contributed by atoms with Crippen molar-refractivity contribution in [3.63, 3.8) is 0 Å². The van der Waals surface area contributed by atoms with E-state index in [0.29, 0.717) is 18.4 Å². The molecular weight excluding hydrogens is 428 g/mol. The molecule has 5 heteroatoms. The number of unbranched alkanes of at least 4 members (excludes halogenated alkanes) is 3. The van der Waals surface area contributed by atoms with Crippen LogP contribution < -0.4 is 4.74 Å². The molecule has 33 heavy (non-hydrogen) atoms. The fourth-order valence-corrected chi connectivity index (χ4v) is 3.67. The number of hydrogen-bond donors (Lipinski definition) is 0. The zero-order chi connectivity index (χ0) is 23.8. The average Bonchev–Trinajstić information content (AvgIpc) is 2.82. The smallest absolute Gasteiger partial charge is 0.201 e. The van der Waals surface area contributed by atoms with Crippen LogP contribution in [0.4, 0.5) is 17.6 Å². The van der Waals surface area contributed by atoms with Gasteiger partial charge in [0.05, 0.1) is 6.61 Å². The van der Waals surface area contributed by atoms with E-state index in [-0.39, 0.29) is 29.0 Å². The monoisotopic (exact) mass is 456 g/mol. The Morgan fingerprint density at radius 1 is 0.727 bits per heavy atom. The highest BCUT2D eigenvalue weighted by Crippen LogP contribution is 2.35. The predicted molar refractivity (Wildman–Crippen MR) is 125 cm³/mol. The number of rotatable bonds is 11. The minimum absolute atomic E-state index is 0.0689. The van der Waals surface area contributed by atoms with Gasteiger partial charge in [0.15, 0.2) is 23.2 Å². The molecular formula is C28H28F4O. The molecule has 3 rings (SSSR count). The SMILES string of the molecule is C=CCCCOc1ccc(-c2ccc(-c3ccc(CCCCC)cc3)c(F)c2F)c(F)c1F. The first-order valence-electron chi connectivity index (χ1n) is 11.3. The molecule has 0 saturated carbocycles. The molecule has 0 N–H and O–H groups in total. The molecule has 0 aliphatic rings. The Bertz CT molecular complexity index is 1090. The van der Waals surface area contributed by atoms with Crippen LogP contribution in [0.2, 0.25) is 0 Å². The molecule has 3 aromatic carbocycles. The second-order valence-electron chi connectivity index (χ2n) is 7.96. The zero-order valence-corrected chi connectivity index (χ0v) is 18.8. The molecule has 3 aromatic rings. The van der Waals surface area contributed by atoms with Gasteiger partial charge in [-0.15, -0.1) is 6.58 Å². The van der Waals surface area contributed by atoms with E-state index in [2.05, 4.69) is 13.5 Å². The van der Waals surface area contributed by atoms with E-state index in [1.807, 2.05) is 12.1 Å². The molecule has 0 amide bonds. The van der Waals surface area contributed by atoms with Gasteiger partial charge in [-0.25, -0.2) is 13.2 Å². The molecule has 0 spiro atoms. The highest BCUT2D eigenvalue weighted by Gasteiger charge is 2.21. The number of aryl methyl sites for hydroxylation is 1. The minimum Gasteiger partial charge on any atom is -0.490 e. The molecule has 0 saturated heterocycles. The van der Waals surface area contributed by atoms with Crippen LogP contribution in [0.5, 0.6) is 5.75 Å². The predicted octanol–water partition coefficient (Wildman–Crippen LogP) is 8.65. The van der Waals surface area contributed by atoms with E-state index in [0.717, 1.165) is 31.2 Å². The zero-order valence-electron chi connectivity index (χ0n) is 18.8. The summed E-state index contributed by atoms with van der Waals surface area (Å²) in [7, 11) is 0. The Hall–Kier alpha value is -3.08. The van der Waals surface area contributed by atoms with E-state index >= 15 is 0 Å². The molecule has 174 valence electrons. The molecule has 0 unspecified atom stereocenters. The van der Waals surface area contributed by atoms with Crippen LogP contribution in [0.3, 0.4) is 0 Å². The van der Waals surface area contributed by atoms with E-state index in [1.165, 1.54) is 24.3 Å². The van der Waals surface area contributed by atoms with Crippen molar-refractivity contribution in [1.29, 1.82) is 0 Å². The summed E-state index contributed by atoms with van der Waals surface area (Å²) in [6, 6.07) is 12.4. The third-order valence-corrected chi connectivity index (χ3v) is 5.56. The Morgan fingerprint density at radius 3 is 2.00 bits per heavy atom. The Kier molecular flexibility index (Phi) is 8.70. The number of benzene rings is 3. The maximum Gasteiger partial charge on any atom is 0.201 e. The molecule has 0 heterocycles. The molecule has 0 bridgehead atoms. The van der Waals surface area contributed by atoms with Gasteiger partial charge < -0.3 is 4.74 Å². The third-order valence-electron chi connectivity index (χ3n) is 5.56. The summed E-state index contributed by atoms with van der Waals surface area (Å²) in [5.41, 5.74) is 1.02. The lowest BCUT2D eigenvalue weighted by atomic mass is 9.97. The number of hydrogen-bond acceptors (Lipinski definition) is 1. The molecule has 0 atom stereocenters. The number of halogens is 4. The van der Waals surface area contributed by atoms with Crippen molar-refractivity contribution in [2.75, 3.05) is 6.61 Å². The first-order chi connectivity index (χ1) is 16.0. The maximum absolute atomic E-state index is 14.9. The summed E-state index contributed by atoms with van der Waals surface area (Å²) < 4.78 is 64.2. The minimum atomic E-state index is -1.28. The molecule has 0 aliphatic carbocycles. The standard InChI is InChI=1S/C28H28F4O/c1-3-5-7-9-19-10-12-20(13-11-19)21-14-15-22(26(30)25(21)29)23-16-17-24(28(32)27(23)31)33-18-8-6-4-2/h4,10-17H,2-3,5-9,18H2,1H3. The lowest BCUT2D eigenvalue weighted by Crippen LogP contribution is -2.02. The molecule has 0 aliphatic heterocycles. The lowest BCUT2D eigenvalue weighted by Gasteiger charge is -2.13. The second-order valence-corrected chi connectivity index (χ2v) is 7.96. The highest BCUT2D eigenvalue weighted by atomic mass is 19.2. The summed E-state index contributed by atoms with van der Waals surface area (Å²) >= 11 is 0. The summed E-state index contributed by atoms with van der Waals surface area (Å²) in [6.45, 7) is 5.91. The summed E-state index contributed by atoms with van der Waals surface area (Å²) in [4.78, 5) is 0. The van der Waals surface area contributed by atoms with E-state index in [1.54, 1.807) is 18.2 Å². The average molecular weight is 457 g/mol. The van der Waals surface area contributed by atoms with Gasteiger partial charge >= 0.3 is 0 Å².